The molecule has 1 amide bonds. The van der Waals surface area contributed by atoms with Crippen molar-refractivity contribution < 1.29 is 14.3 Å². The van der Waals surface area contributed by atoms with Gasteiger partial charge in [0.05, 0.1) is 32.5 Å². The number of anilines is 1. The van der Waals surface area contributed by atoms with E-state index in [0.717, 1.165) is 23.4 Å². The van der Waals surface area contributed by atoms with Crippen molar-refractivity contribution in [2.75, 3.05) is 26.5 Å². The van der Waals surface area contributed by atoms with Gasteiger partial charge in [-0.25, -0.2) is 0 Å². The molecule has 1 aromatic heterocycles. The fourth-order valence-corrected chi connectivity index (χ4v) is 2.90. The number of amides is 1. The Labute approximate surface area is 141 Å². The number of nitrogens with zero attached hydrogens (tertiary/aromatic N) is 2. The zero-order valence-corrected chi connectivity index (χ0v) is 13.9. The Bertz CT molecular complexity index is 744. The number of carbonyl (C=O) groups excluding carboxylic acids is 1. The fourth-order valence-electron chi connectivity index (χ4n) is 2.90. The molecule has 6 nitrogen and oxygen atoms in total. The number of benzene rings is 1. The molecule has 0 fully saturated rings. The first kappa shape index (κ1) is 16.1. The van der Waals surface area contributed by atoms with Crippen LogP contribution in [0, 0.1) is 0 Å². The number of nitrogen functional groups attached to an aromatic ring is 1. The summed E-state index contributed by atoms with van der Waals surface area (Å²) in [5.74, 6) is 1.47. The maximum absolute atomic E-state index is 12.5. The summed E-state index contributed by atoms with van der Waals surface area (Å²) in [4.78, 5) is 18.6. The number of hydrogen-bond donors (Lipinski definition) is 1. The third-order valence-corrected chi connectivity index (χ3v) is 4.25. The van der Waals surface area contributed by atoms with E-state index < -0.39 is 0 Å². The number of aromatic nitrogens is 1. The average molecular weight is 327 g/mol. The lowest BCUT2D eigenvalue weighted by molar-refractivity contribution is -0.131. The Morgan fingerprint density at radius 3 is 2.54 bits per heavy atom. The number of carbonyl (C=O) groups is 1. The van der Waals surface area contributed by atoms with Gasteiger partial charge in [0.1, 0.15) is 0 Å². The molecule has 2 heterocycles. The smallest absolute Gasteiger partial charge is 0.228 e. The van der Waals surface area contributed by atoms with E-state index in [1.807, 2.05) is 17.0 Å². The van der Waals surface area contributed by atoms with Gasteiger partial charge in [0.25, 0.3) is 0 Å². The maximum Gasteiger partial charge on any atom is 0.228 e. The molecule has 3 rings (SSSR count). The second-order valence-electron chi connectivity index (χ2n) is 5.80. The second-order valence-corrected chi connectivity index (χ2v) is 5.80. The molecule has 0 spiro atoms. The molecule has 2 aromatic rings. The van der Waals surface area contributed by atoms with Crippen LogP contribution in [0.4, 0.5) is 5.69 Å². The van der Waals surface area contributed by atoms with Crippen molar-refractivity contribution in [1.82, 2.24) is 9.88 Å². The van der Waals surface area contributed by atoms with Crippen molar-refractivity contribution in [3.63, 3.8) is 0 Å². The fraction of sp³-hybridized carbons (Fsp3) is 0.333. The van der Waals surface area contributed by atoms with E-state index >= 15 is 0 Å². The van der Waals surface area contributed by atoms with Gasteiger partial charge in [-0.05, 0) is 41.8 Å². The van der Waals surface area contributed by atoms with E-state index in [1.165, 1.54) is 5.56 Å². The summed E-state index contributed by atoms with van der Waals surface area (Å²) in [6.45, 7) is 1.26. The van der Waals surface area contributed by atoms with Gasteiger partial charge < -0.3 is 20.1 Å². The molecule has 0 bridgehead atoms. The van der Waals surface area contributed by atoms with Crippen molar-refractivity contribution in [1.29, 1.82) is 0 Å². The number of hydrogen-bond acceptors (Lipinski definition) is 5. The standard InChI is InChI=1S/C18H21N3O3/c1-23-16-7-12-5-6-21(11-13(12)8-17(16)24-2)18(22)9-15-4-3-14(19)10-20-15/h3-4,7-8,10H,5-6,9,11,19H2,1-2H3. The first-order valence-corrected chi connectivity index (χ1v) is 7.82. The number of fused-ring (bicyclic) bond motifs is 1. The maximum atomic E-state index is 12.5. The van der Waals surface area contributed by atoms with Crippen LogP contribution in [0.2, 0.25) is 0 Å². The molecular formula is C18H21N3O3. The number of pyridine rings is 1. The zero-order valence-electron chi connectivity index (χ0n) is 13.9. The molecule has 0 atom stereocenters. The van der Waals surface area contributed by atoms with Crippen LogP contribution in [0.5, 0.6) is 11.5 Å². The molecule has 0 aliphatic carbocycles. The molecule has 1 aliphatic heterocycles. The zero-order chi connectivity index (χ0) is 17.1. The van der Waals surface area contributed by atoms with Crippen LogP contribution in [0.3, 0.4) is 0 Å². The topological polar surface area (TPSA) is 77.7 Å². The molecule has 0 unspecified atom stereocenters. The van der Waals surface area contributed by atoms with Crippen molar-refractivity contribution in [2.24, 2.45) is 0 Å². The van der Waals surface area contributed by atoms with Crippen LogP contribution in [0.1, 0.15) is 16.8 Å². The van der Waals surface area contributed by atoms with Gasteiger partial charge in [-0.1, -0.05) is 0 Å². The van der Waals surface area contributed by atoms with E-state index in [4.69, 9.17) is 15.2 Å². The van der Waals surface area contributed by atoms with Crippen LogP contribution in [0.15, 0.2) is 30.5 Å². The molecule has 126 valence electrons. The molecule has 2 N–H and O–H groups in total. The van der Waals surface area contributed by atoms with E-state index in [9.17, 15) is 4.79 Å². The van der Waals surface area contributed by atoms with Gasteiger partial charge >= 0.3 is 0 Å². The highest BCUT2D eigenvalue weighted by atomic mass is 16.5. The van der Waals surface area contributed by atoms with E-state index in [0.29, 0.717) is 24.5 Å². The van der Waals surface area contributed by atoms with Crippen molar-refractivity contribution >= 4 is 11.6 Å². The Morgan fingerprint density at radius 2 is 1.92 bits per heavy atom. The van der Waals surface area contributed by atoms with Gasteiger partial charge in [-0.15, -0.1) is 0 Å². The molecule has 1 aromatic carbocycles. The molecule has 1 aliphatic rings. The summed E-state index contributed by atoms with van der Waals surface area (Å²) >= 11 is 0. The Balaban J connectivity index is 1.74. The predicted molar refractivity (Wildman–Crippen MR) is 91.0 cm³/mol. The lowest BCUT2D eigenvalue weighted by atomic mass is 9.98. The summed E-state index contributed by atoms with van der Waals surface area (Å²) < 4.78 is 10.7. The minimum atomic E-state index is 0.0627. The van der Waals surface area contributed by atoms with E-state index in [1.54, 1.807) is 32.5 Å². The highest BCUT2D eigenvalue weighted by Gasteiger charge is 2.23. The lowest BCUT2D eigenvalue weighted by Gasteiger charge is -2.29. The average Bonchev–Trinajstić information content (AvgIpc) is 2.61. The number of ether oxygens (including phenoxy) is 2. The quantitative estimate of drug-likeness (QED) is 0.926. The van der Waals surface area contributed by atoms with Gasteiger partial charge in [0.2, 0.25) is 5.91 Å². The second kappa shape index (κ2) is 6.78. The summed E-state index contributed by atoms with van der Waals surface area (Å²) in [6, 6.07) is 7.50. The van der Waals surface area contributed by atoms with Gasteiger partial charge in [-0.3, -0.25) is 9.78 Å². The predicted octanol–water partition coefficient (Wildman–Crippen LogP) is 1.81. The normalized spacial score (nSPS) is 13.3. The van der Waals surface area contributed by atoms with Gasteiger partial charge in [0.15, 0.2) is 11.5 Å². The largest absolute Gasteiger partial charge is 0.493 e. The molecule has 24 heavy (non-hydrogen) atoms. The lowest BCUT2D eigenvalue weighted by Crippen LogP contribution is -2.37. The summed E-state index contributed by atoms with van der Waals surface area (Å²) in [5, 5.41) is 0. The highest BCUT2D eigenvalue weighted by Crippen LogP contribution is 2.33. The molecule has 0 radical (unpaired) electrons. The Hall–Kier alpha value is -2.76. The summed E-state index contributed by atoms with van der Waals surface area (Å²) in [5.41, 5.74) is 9.24. The molecule has 6 heteroatoms. The molecule has 0 saturated carbocycles. The number of rotatable bonds is 4. The minimum Gasteiger partial charge on any atom is -0.493 e. The summed E-state index contributed by atoms with van der Waals surface area (Å²) in [7, 11) is 3.24. The monoisotopic (exact) mass is 327 g/mol. The minimum absolute atomic E-state index is 0.0627. The van der Waals surface area contributed by atoms with Crippen LogP contribution in [-0.4, -0.2) is 36.6 Å². The Morgan fingerprint density at radius 1 is 1.21 bits per heavy atom. The first-order valence-electron chi connectivity index (χ1n) is 7.82. The SMILES string of the molecule is COc1cc2c(cc1OC)CN(C(=O)Cc1ccc(N)cn1)CC2. The number of nitrogens with two attached hydrogens (primary N) is 1. The van der Waals surface area contributed by atoms with Crippen LogP contribution < -0.4 is 15.2 Å². The Kier molecular flexibility index (Phi) is 4.55. The molecule has 0 saturated heterocycles. The van der Waals surface area contributed by atoms with E-state index in [-0.39, 0.29) is 12.3 Å². The summed E-state index contributed by atoms with van der Waals surface area (Å²) in [6.07, 6.45) is 2.66. The van der Waals surface area contributed by atoms with Crippen LogP contribution in [0.25, 0.3) is 0 Å². The van der Waals surface area contributed by atoms with E-state index in [2.05, 4.69) is 4.98 Å². The van der Waals surface area contributed by atoms with Crippen molar-refractivity contribution in [3.05, 3.63) is 47.3 Å². The van der Waals surface area contributed by atoms with Crippen LogP contribution in [-0.2, 0) is 24.2 Å². The third kappa shape index (κ3) is 3.27. The highest BCUT2D eigenvalue weighted by molar-refractivity contribution is 5.78. The first-order chi connectivity index (χ1) is 11.6. The molecular weight excluding hydrogens is 306 g/mol. The third-order valence-electron chi connectivity index (χ3n) is 4.25. The van der Waals surface area contributed by atoms with Crippen molar-refractivity contribution in [2.45, 2.75) is 19.4 Å². The van der Waals surface area contributed by atoms with Crippen molar-refractivity contribution in [3.8, 4) is 11.5 Å². The van der Waals surface area contributed by atoms with Crippen LogP contribution >= 0.6 is 0 Å². The van der Waals surface area contributed by atoms with Gasteiger partial charge in [-0.2, -0.15) is 0 Å². The van der Waals surface area contributed by atoms with Gasteiger partial charge in [0, 0.05) is 18.8 Å². The number of methoxy groups -OCH3 is 2.